The fourth-order valence-electron chi connectivity index (χ4n) is 2.23. The average Bonchev–Trinajstić information content (AvgIpc) is 2.65. The summed E-state index contributed by atoms with van der Waals surface area (Å²) in [5.41, 5.74) is 4.78. The molecule has 0 bridgehead atoms. The standard InChI is InChI=1S/C16H20/c1-16(2,3)12-13-9-10-15(11-13)14-7-5-4-6-8-14/h4-10H,11-12H2,1-3H3. The van der Waals surface area contributed by atoms with E-state index in [1.54, 1.807) is 5.57 Å². The van der Waals surface area contributed by atoms with Crippen LogP contribution in [0.4, 0.5) is 0 Å². The second-order valence-corrected chi connectivity index (χ2v) is 5.80. The van der Waals surface area contributed by atoms with Crippen molar-refractivity contribution in [1.29, 1.82) is 0 Å². The highest BCUT2D eigenvalue weighted by Gasteiger charge is 2.16. The van der Waals surface area contributed by atoms with Gasteiger partial charge in [0.25, 0.3) is 0 Å². The minimum absolute atomic E-state index is 0.395. The van der Waals surface area contributed by atoms with E-state index in [4.69, 9.17) is 0 Å². The second kappa shape index (κ2) is 4.29. The lowest BCUT2D eigenvalue weighted by molar-refractivity contribution is 0.408. The van der Waals surface area contributed by atoms with Crippen LogP contribution in [-0.2, 0) is 0 Å². The van der Waals surface area contributed by atoms with E-state index in [2.05, 4.69) is 63.3 Å². The molecule has 2 rings (SSSR count). The average molecular weight is 212 g/mol. The Hall–Kier alpha value is -1.30. The zero-order chi connectivity index (χ0) is 11.6. The molecular formula is C16H20. The highest BCUT2D eigenvalue weighted by molar-refractivity contribution is 5.72. The number of hydrogen-bond acceptors (Lipinski definition) is 0. The lowest BCUT2D eigenvalue weighted by Crippen LogP contribution is -2.05. The first-order valence-electron chi connectivity index (χ1n) is 5.99. The Kier molecular flexibility index (Phi) is 3.00. The summed E-state index contributed by atoms with van der Waals surface area (Å²) in [4.78, 5) is 0. The molecule has 1 aliphatic rings. The highest BCUT2D eigenvalue weighted by Crippen LogP contribution is 2.34. The van der Waals surface area contributed by atoms with Crippen LogP contribution in [0.1, 0.15) is 39.2 Å². The molecule has 0 heteroatoms. The zero-order valence-electron chi connectivity index (χ0n) is 10.5. The van der Waals surface area contributed by atoms with E-state index in [9.17, 15) is 0 Å². The van der Waals surface area contributed by atoms with Gasteiger partial charge in [-0.2, -0.15) is 0 Å². The molecule has 0 aromatic heterocycles. The monoisotopic (exact) mass is 212 g/mol. The van der Waals surface area contributed by atoms with Crippen molar-refractivity contribution in [3.63, 3.8) is 0 Å². The summed E-state index contributed by atoms with van der Waals surface area (Å²) in [6, 6.07) is 10.7. The molecular weight excluding hydrogens is 192 g/mol. The second-order valence-electron chi connectivity index (χ2n) is 5.80. The Morgan fingerprint density at radius 3 is 2.31 bits per heavy atom. The van der Waals surface area contributed by atoms with Crippen LogP contribution in [0.25, 0.3) is 5.57 Å². The van der Waals surface area contributed by atoms with Gasteiger partial charge >= 0.3 is 0 Å². The summed E-state index contributed by atoms with van der Waals surface area (Å²) in [6.07, 6.45) is 6.89. The third-order valence-corrected chi connectivity index (χ3v) is 2.84. The van der Waals surface area contributed by atoms with E-state index in [1.165, 1.54) is 17.6 Å². The van der Waals surface area contributed by atoms with Crippen LogP contribution in [0.3, 0.4) is 0 Å². The molecule has 16 heavy (non-hydrogen) atoms. The van der Waals surface area contributed by atoms with Crippen LogP contribution in [0.15, 0.2) is 48.1 Å². The molecule has 0 heterocycles. The van der Waals surface area contributed by atoms with E-state index in [0.717, 1.165) is 6.42 Å². The maximum absolute atomic E-state index is 2.30. The van der Waals surface area contributed by atoms with Gasteiger partial charge in [-0.1, -0.05) is 68.8 Å². The number of benzene rings is 1. The fourth-order valence-corrected chi connectivity index (χ4v) is 2.23. The predicted octanol–water partition coefficient (Wildman–Crippen LogP) is 4.84. The highest BCUT2D eigenvalue weighted by atomic mass is 14.2. The van der Waals surface area contributed by atoms with Crippen LogP contribution >= 0.6 is 0 Å². The van der Waals surface area contributed by atoms with Gasteiger partial charge in [0.2, 0.25) is 0 Å². The molecule has 0 unspecified atom stereocenters. The van der Waals surface area contributed by atoms with Crippen molar-refractivity contribution in [3.8, 4) is 0 Å². The van der Waals surface area contributed by atoms with E-state index in [1.807, 2.05) is 0 Å². The lowest BCUT2D eigenvalue weighted by atomic mass is 9.86. The summed E-state index contributed by atoms with van der Waals surface area (Å²) in [6.45, 7) is 6.90. The first-order valence-corrected chi connectivity index (χ1v) is 5.99. The van der Waals surface area contributed by atoms with Gasteiger partial charge in [-0.05, 0) is 29.4 Å². The lowest BCUT2D eigenvalue weighted by Gasteiger charge is -2.19. The Morgan fingerprint density at radius 1 is 1.00 bits per heavy atom. The first-order chi connectivity index (χ1) is 7.54. The molecule has 0 atom stereocenters. The number of hydrogen-bond donors (Lipinski definition) is 0. The number of allylic oxidation sites excluding steroid dienone is 4. The zero-order valence-corrected chi connectivity index (χ0v) is 10.5. The topological polar surface area (TPSA) is 0 Å². The Labute approximate surface area is 98.7 Å². The smallest absolute Gasteiger partial charge is 0.00578 e. The minimum Gasteiger partial charge on any atom is -0.0653 e. The summed E-state index contributed by atoms with van der Waals surface area (Å²) >= 11 is 0. The first kappa shape index (κ1) is 11.2. The van der Waals surface area contributed by atoms with E-state index >= 15 is 0 Å². The maximum Gasteiger partial charge on any atom is -0.00578 e. The molecule has 0 aliphatic heterocycles. The van der Waals surface area contributed by atoms with Crippen LogP contribution in [0.2, 0.25) is 0 Å². The summed E-state index contributed by atoms with van der Waals surface area (Å²) < 4.78 is 0. The van der Waals surface area contributed by atoms with Crippen LogP contribution < -0.4 is 0 Å². The molecule has 1 aromatic rings. The van der Waals surface area contributed by atoms with Crippen molar-refractivity contribution in [3.05, 3.63) is 53.6 Å². The van der Waals surface area contributed by atoms with Gasteiger partial charge in [0, 0.05) is 0 Å². The third-order valence-electron chi connectivity index (χ3n) is 2.84. The molecule has 1 aliphatic carbocycles. The van der Waals surface area contributed by atoms with Gasteiger partial charge in [-0.3, -0.25) is 0 Å². The third kappa shape index (κ3) is 2.85. The molecule has 0 amide bonds. The van der Waals surface area contributed by atoms with E-state index < -0.39 is 0 Å². The van der Waals surface area contributed by atoms with Crippen molar-refractivity contribution < 1.29 is 0 Å². The largest absolute Gasteiger partial charge is 0.0653 e. The molecule has 0 nitrogen and oxygen atoms in total. The predicted molar refractivity (Wildman–Crippen MR) is 71.2 cm³/mol. The summed E-state index contributed by atoms with van der Waals surface area (Å²) in [7, 11) is 0. The quantitative estimate of drug-likeness (QED) is 0.658. The maximum atomic E-state index is 2.30. The summed E-state index contributed by atoms with van der Waals surface area (Å²) in [5.74, 6) is 0. The van der Waals surface area contributed by atoms with Crippen LogP contribution in [0, 0.1) is 5.41 Å². The van der Waals surface area contributed by atoms with Gasteiger partial charge in [-0.25, -0.2) is 0 Å². The fraction of sp³-hybridized carbons (Fsp3) is 0.375. The van der Waals surface area contributed by atoms with E-state index in [-0.39, 0.29) is 0 Å². The van der Waals surface area contributed by atoms with Gasteiger partial charge in [-0.15, -0.1) is 0 Å². The van der Waals surface area contributed by atoms with Crippen molar-refractivity contribution in [2.75, 3.05) is 0 Å². The Bertz CT molecular complexity index is 413. The van der Waals surface area contributed by atoms with Crippen molar-refractivity contribution in [1.82, 2.24) is 0 Å². The SMILES string of the molecule is CC(C)(C)CC1=CC=C(c2ccccc2)C1. The minimum atomic E-state index is 0.395. The molecule has 0 saturated heterocycles. The molecule has 0 fully saturated rings. The van der Waals surface area contributed by atoms with Gasteiger partial charge in [0.05, 0.1) is 0 Å². The molecule has 0 radical (unpaired) electrons. The van der Waals surface area contributed by atoms with Gasteiger partial charge < -0.3 is 0 Å². The van der Waals surface area contributed by atoms with E-state index in [0.29, 0.717) is 5.41 Å². The van der Waals surface area contributed by atoms with Gasteiger partial charge in [0.15, 0.2) is 0 Å². The molecule has 0 saturated carbocycles. The normalized spacial score (nSPS) is 15.9. The van der Waals surface area contributed by atoms with Crippen molar-refractivity contribution in [2.45, 2.75) is 33.6 Å². The molecule has 0 N–H and O–H groups in total. The van der Waals surface area contributed by atoms with Crippen LogP contribution in [0.5, 0.6) is 0 Å². The van der Waals surface area contributed by atoms with Crippen molar-refractivity contribution >= 4 is 5.57 Å². The molecule has 84 valence electrons. The molecule has 0 spiro atoms. The van der Waals surface area contributed by atoms with Crippen LogP contribution in [-0.4, -0.2) is 0 Å². The Balaban J connectivity index is 2.02. The van der Waals surface area contributed by atoms with Crippen molar-refractivity contribution in [2.24, 2.45) is 5.41 Å². The molecule has 1 aromatic carbocycles. The Morgan fingerprint density at radius 2 is 1.69 bits per heavy atom. The van der Waals surface area contributed by atoms with Gasteiger partial charge in [0.1, 0.15) is 0 Å². The summed E-state index contributed by atoms with van der Waals surface area (Å²) in [5, 5.41) is 0. The number of rotatable bonds is 2.